The lowest BCUT2D eigenvalue weighted by Crippen LogP contribution is -2.48. The smallest absolute Gasteiger partial charge is 0.0718 e. The van der Waals surface area contributed by atoms with Crippen LogP contribution in [0.3, 0.4) is 0 Å². The van der Waals surface area contributed by atoms with Crippen molar-refractivity contribution in [3.05, 3.63) is 0 Å². The minimum absolute atomic E-state index is 0.145. The summed E-state index contributed by atoms with van der Waals surface area (Å²) in [6.45, 7) is 7.34. The molecule has 1 saturated heterocycles. The van der Waals surface area contributed by atoms with Crippen molar-refractivity contribution in [2.45, 2.75) is 51.4 Å². The van der Waals surface area contributed by atoms with Gasteiger partial charge in [0.05, 0.1) is 11.7 Å². The van der Waals surface area contributed by atoms with Crippen molar-refractivity contribution in [3.8, 4) is 0 Å². The highest BCUT2D eigenvalue weighted by Gasteiger charge is 2.27. The van der Waals surface area contributed by atoms with E-state index in [4.69, 9.17) is 0 Å². The van der Waals surface area contributed by atoms with Gasteiger partial charge in [-0.25, -0.2) is 0 Å². The van der Waals surface area contributed by atoms with E-state index in [2.05, 4.69) is 11.8 Å². The predicted octanol–water partition coefficient (Wildman–Crippen LogP) is 0.602. The zero-order valence-electron chi connectivity index (χ0n) is 8.82. The Morgan fingerprint density at radius 1 is 1.46 bits per heavy atom. The molecule has 1 rings (SSSR count). The Bertz CT molecular complexity index is 165. The quantitative estimate of drug-likeness (QED) is 0.665. The molecule has 3 heteroatoms. The second-order valence-corrected chi connectivity index (χ2v) is 4.81. The Morgan fingerprint density at radius 2 is 2.08 bits per heavy atom. The Balaban J connectivity index is 2.43. The summed E-state index contributed by atoms with van der Waals surface area (Å²) >= 11 is 0. The number of aliphatic hydroxyl groups is 2. The summed E-state index contributed by atoms with van der Waals surface area (Å²) in [5, 5.41) is 19.1. The predicted molar refractivity (Wildman–Crippen MR) is 52.6 cm³/mol. The third-order valence-electron chi connectivity index (χ3n) is 2.58. The van der Waals surface area contributed by atoms with E-state index >= 15 is 0 Å². The van der Waals surface area contributed by atoms with E-state index in [1.165, 1.54) is 0 Å². The van der Waals surface area contributed by atoms with Gasteiger partial charge >= 0.3 is 0 Å². The van der Waals surface area contributed by atoms with Crippen LogP contribution in [0.5, 0.6) is 0 Å². The summed E-state index contributed by atoms with van der Waals surface area (Å²) in [6.07, 6.45) is 1.52. The van der Waals surface area contributed by atoms with Crippen LogP contribution in [-0.2, 0) is 0 Å². The maximum atomic E-state index is 9.65. The van der Waals surface area contributed by atoms with E-state index in [0.717, 1.165) is 19.4 Å². The van der Waals surface area contributed by atoms with E-state index in [1.54, 1.807) is 0 Å². The summed E-state index contributed by atoms with van der Waals surface area (Å²) in [6, 6.07) is 0.384. The van der Waals surface area contributed by atoms with Gasteiger partial charge in [0.15, 0.2) is 0 Å². The molecule has 3 nitrogen and oxygen atoms in total. The van der Waals surface area contributed by atoms with Crippen LogP contribution in [0.2, 0.25) is 0 Å². The van der Waals surface area contributed by atoms with Crippen molar-refractivity contribution >= 4 is 0 Å². The maximum absolute atomic E-state index is 9.65. The molecule has 0 bridgehead atoms. The van der Waals surface area contributed by atoms with Gasteiger partial charge in [-0.1, -0.05) is 0 Å². The fraction of sp³-hybridized carbons (Fsp3) is 1.00. The highest BCUT2D eigenvalue weighted by atomic mass is 16.3. The van der Waals surface area contributed by atoms with Crippen molar-refractivity contribution in [2.24, 2.45) is 0 Å². The highest BCUT2D eigenvalue weighted by molar-refractivity contribution is 4.82. The first-order valence-corrected chi connectivity index (χ1v) is 5.03. The minimum atomic E-state index is -0.628. The molecule has 0 aliphatic carbocycles. The molecule has 0 radical (unpaired) electrons. The van der Waals surface area contributed by atoms with Crippen LogP contribution < -0.4 is 0 Å². The van der Waals surface area contributed by atoms with Crippen LogP contribution in [-0.4, -0.2) is 45.9 Å². The average molecular weight is 187 g/mol. The van der Waals surface area contributed by atoms with Crippen molar-refractivity contribution in [3.63, 3.8) is 0 Å². The Kier molecular flexibility index (Phi) is 3.33. The van der Waals surface area contributed by atoms with Gasteiger partial charge in [-0.15, -0.1) is 0 Å². The zero-order valence-corrected chi connectivity index (χ0v) is 8.82. The molecule has 13 heavy (non-hydrogen) atoms. The Morgan fingerprint density at radius 3 is 2.54 bits per heavy atom. The molecule has 2 atom stereocenters. The van der Waals surface area contributed by atoms with Gasteiger partial charge < -0.3 is 10.2 Å². The van der Waals surface area contributed by atoms with Crippen molar-refractivity contribution in [1.82, 2.24) is 4.90 Å². The lowest BCUT2D eigenvalue weighted by Gasteiger charge is -2.38. The summed E-state index contributed by atoms with van der Waals surface area (Å²) in [5.41, 5.74) is -0.628. The maximum Gasteiger partial charge on any atom is 0.0718 e. The van der Waals surface area contributed by atoms with Gasteiger partial charge in [-0.05, 0) is 33.6 Å². The van der Waals surface area contributed by atoms with Crippen LogP contribution in [0.4, 0.5) is 0 Å². The molecule has 0 amide bonds. The third-order valence-corrected chi connectivity index (χ3v) is 2.58. The summed E-state index contributed by atoms with van der Waals surface area (Å²) in [5.74, 6) is 0. The average Bonchev–Trinajstić information content (AvgIpc) is 1.93. The van der Waals surface area contributed by atoms with Crippen LogP contribution in [0.1, 0.15) is 33.6 Å². The fourth-order valence-corrected chi connectivity index (χ4v) is 1.93. The number of rotatable bonds is 2. The van der Waals surface area contributed by atoms with Crippen LogP contribution in [0.15, 0.2) is 0 Å². The third kappa shape index (κ3) is 3.63. The zero-order chi connectivity index (χ0) is 10.1. The van der Waals surface area contributed by atoms with E-state index in [-0.39, 0.29) is 6.10 Å². The van der Waals surface area contributed by atoms with Gasteiger partial charge in [-0.3, -0.25) is 4.90 Å². The molecular weight excluding hydrogens is 166 g/mol. The molecule has 0 aromatic rings. The fourth-order valence-electron chi connectivity index (χ4n) is 1.93. The lowest BCUT2D eigenvalue weighted by molar-refractivity contribution is -0.0129. The summed E-state index contributed by atoms with van der Waals surface area (Å²) in [7, 11) is 0. The number of hydrogen-bond acceptors (Lipinski definition) is 3. The van der Waals surface area contributed by atoms with Gasteiger partial charge in [0.25, 0.3) is 0 Å². The monoisotopic (exact) mass is 187 g/mol. The largest absolute Gasteiger partial charge is 0.393 e. The van der Waals surface area contributed by atoms with Crippen LogP contribution >= 0.6 is 0 Å². The number of likely N-dealkylation sites (tertiary alicyclic amines) is 1. The molecule has 2 N–H and O–H groups in total. The molecule has 1 aliphatic heterocycles. The van der Waals surface area contributed by atoms with Crippen LogP contribution in [0, 0.1) is 0 Å². The molecule has 1 aliphatic rings. The summed E-state index contributed by atoms with van der Waals surface area (Å²) < 4.78 is 0. The summed E-state index contributed by atoms with van der Waals surface area (Å²) in [4.78, 5) is 2.24. The second kappa shape index (κ2) is 3.95. The van der Waals surface area contributed by atoms with Crippen molar-refractivity contribution in [2.75, 3.05) is 13.1 Å². The van der Waals surface area contributed by atoms with Crippen molar-refractivity contribution in [1.29, 1.82) is 0 Å². The number of piperidine rings is 1. The highest BCUT2D eigenvalue weighted by Crippen LogP contribution is 2.19. The number of hydrogen-bond donors (Lipinski definition) is 2. The number of aliphatic hydroxyl groups excluding tert-OH is 1. The minimum Gasteiger partial charge on any atom is -0.393 e. The molecular formula is C10H21NO2. The molecule has 1 heterocycles. The molecule has 0 unspecified atom stereocenters. The first-order valence-electron chi connectivity index (χ1n) is 5.03. The molecule has 0 aromatic carbocycles. The molecule has 0 saturated carbocycles. The van der Waals surface area contributed by atoms with Gasteiger partial charge in [-0.2, -0.15) is 0 Å². The Labute approximate surface area is 80.4 Å². The topological polar surface area (TPSA) is 43.7 Å². The first kappa shape index (κ1) is 11.0. The normalized spacial score (nSPS) is 32.1. The SMILES string of the molecule is C[C@H]1C[C@@H](O)CCN1CC(C)(C)O. The first-order chi connectivity index (χ1) is 5.88. The standard InChI is InChI=1S/C10H21NO2/c1-8-6-9(12)4-5-11(8)7-10(2,3)13/h8-9,12-13H,4-7H2,1-3H3/t8-,9-/m0/s1. The van der Waals surface area contributed by atoms with E-state index in [0.29, 0.717) is 12.6 Å². The van der Waals surface area contributed by atoms with E-state index < -0.39 is 5.60 Å². The van der Waals surface area contributed by atoms with Crippen LogP contribution in [0.25, 0.3) is 0 Å². The van der Waals surface area contributed by atoms with Crippen molar-refractivity contribution < 1.29 is 10.2 Å². The Hall–Kier alpha value is -0.120. The molecule has 0 aromatic heterocycles. The number of β-amino-alcohol motifs (C(OH)–C–C–N with tert-alkyl or cyclic N) is 1. The molecule has 78 valence electrons. The lowest BCUT2D eigenvalue weighted by atomic mass is 9.98. The van der Waals surface area contributed by atoms with Gasteiger partial charge in [0, 0.05) is 19.1 Å². The van der Waals surface area contributed by atoms with Gasteiger partial charge in [0.2, 0.25) is 0 Å². The van der Waals surface area contributed by atoms with Gasteiger partial charge in [0.1, 0.15) is 0 Å². The number of nitrogens with zero attached hydrogens (tertiary/aromatic N) is 1. The van der Waals surface area contributed by atoms with E-state index in [1.807, 2.05) is 13.8 Å². The molecule has 0 spiro atoms. The molecule has 1 fully saturated rings. The van der Waals surface area contributed by atoms with E-state index in [9.17, 15) is 10.2 Å². The second-order valence-electron chi connectivity index (χ2n) is 4.81.